The van der Waals surface area contributed by atoms with Crippen molar-refractivity contribution in [2.75, 3.05) is 0 Å². The van der Waals surface area contributed by atoms with Crippen molar-refractivity contribution in [2.45, 2.75) is 44.3 Å². The van der Waals surface area contributed by atoms with Gasteiger partial charge in [-0.15, -0.1) is 0 Å². The minimum absolute atomic E-state index is 0.0107. The van der Waals surface area contributed by atoms with Gasteiger partial charge in [0.2, 0.25) is 0 Å². The van der Waals surface area contributed by atoms with Crippen LogP contribution in [0.1, 0.15) is 32.1 Å². The van der Waals surface area contributed by atoms with Crippen LogP contribution in [0.4, 0.5) is 0 Å². The van der Waals surface area contributed by atoms with Crippen LogP contribution in [0.5, 0.6) is 0 Å². The second kappa shape index (κ2) is 3.36. The van der Waals surface area contributed by atoms with Crippen LogP contribution in [0.3, 0.4) is 0 Å². The molecular formula is C9H12O4. The van der Waals surface area contributed by atoms with Gasteiger partial charge >= 0.3 is 11.9 Å². The van der Waals surface area contributed by atoms with Gasteiger partial charge in [-0.25, -0.2) is 0 Å². The molecule has 0 radical (unpaired) electrons. The summed E-state index contributed by atoms with van der Waals surface area (Å²) in [7, 11) is 0. The molecule has 0 saturated carbocycles. The van der Waals surface area contributed by atoms with Crippen molar-refractivity contribution in [3.63, 3.8) is 0 Å². The average Bonchev–Trinajstić information content (AvgIpc) is 2.01. The van der Waals surface area contributed by atoms with Gasteiger partial charge in [0, 0.05) is 12.8 Å². The zero-order valence-electron chi connectivity index (χ0n) is 7.32. The van der Waals surface area contributed by atoms with Gasteiger partial charge in [0.1, 0.15) is 12.2 Å². The maximum atomic E-state index is 10.9. The number of ether oxygens (including phenoxy) is 2. The lowest BCUT2D eigenvalue weighted by Gasteiger charge is -2.30. The molecule has 0 aromatic carbocycles. The first-order valence-corrected chi connectivity index (χ1v) is 4.63. The summed E-state index contributed by atoms with van der Waals surface area (Å²) in [5.41, 5.74) is 0. The molecule has 2 rings (SSSR count). The van der Waals surface area contributed by atoms with E-state index in [0.717, 1.165) is 12.8 Å². The molecule has 0 aliphatic carbocycles. The van der Waals surface area contributed by atoms with E-state index in [-0.39, 0.29) is 24.1 Å². The first-order valence-electron chi connectivity index (χ1n) is 4.63. The van der Waals surface area contributed by atoms with Gasteiger partial charge in [-0.1, -0.05) is 0 Å². The number of cyclic esters (lactones) is 2. The molecule has 2 aliphatic heterocycles. The van der Waals surface area contributed by atoms with E-state index in [1.165, 1.54) is 0 Å². The summed E-state index contributed by atoms with van der Waals surface area (Å²) in [4.78, 5) is 21.4. The van der Waals surface area contributed by atoms with Crippen molar-refractivity contribution in [3.05, 3.63) is 0 Å². The average molecular weight is 184 g/mol. The SMILES string of the molecule is O=C1CCCC(CC2CC(=O)O2)O1. The third-order valence-electron chi connectivity index (χ3n) is 2.42. The Labute approximate surface area is 76.2 Å². The highest BCUT2D eigenvalue weighted by Crippen LogP contribution is 2.24. The first-order chi connectivity index (χ1) is 6.24. The molecule has 0 amide bonds. The smallest absolute Gasteiger partial charge is 0.309 e. The van der Waals surface area contributed by atoms with Gasteiger partial charge in [0.25, 0.3) is 0 Å². The van der Waals surface area contributed by atoms with E-state index < -0.39 is 0 Å². The van der Waals surface area contributed by atoms with Gasteiger partial charge in [0.15, 0.2) is 0 Å². The Morgan fingerprint density at radius 2 is 1.92 bits per heavy atom. The molecule has 0 bridgehead atoms. The molecule has 4 nitrogen and oxygen atoms in total. The molecule has 72 valence electrons. The highest BCUT2D eigenvalue weighted by Gasteiger charge is 2.33. The van der Waals surface area contributed by atoms with Crippen molar-refractivity contribution in [3.8, 4) is 0 Å². The van der Waals surface area contributed by atoms with Crippen molar-refractivity contribution in [2.24, 2.45) is 0 Å². The maximum absolute atomic E-state index is 10.9. The molecule has 2 heterocycles. The van der Waals surface area contributed by atoms with Crippen LogP contribution in [-0.2, 0) is 19.1 Å². The number of esters is 2. The zero-order chi connectivity index (χ0) is 9.26. The summed E-state index contributed by atoms with van der Waals surface area (Å²) in [6.07, 6.45) is 3.44. The Morgan fingerprint density at radius 3 is 2.54 bits per heavy atom. The summed E-state index contributed by atoms with van der Waals surface area (Å²) in [6.45, 7) is 0. The fraction of sp³-hybridized carbons (Fsp3) is 0.778. The highest BCUT2D eigenvalue weighted by molar-refractivity contribution is 5.75. The topological polar surface area (TPSA) is 52.6 Å². The van der Waals surface area contributed by atoms with E-state index in [2.05, 4.69) is 0 Å². The fourth-order valence-electron chi connectivity index (χ4n) is 1.73. The molecule has 2 unspecified atom stereocenters. The molecule has 13 heavy (non-hydrogen) atoms. The molecule has 0 N–H and O–H groups in total. The van der Waals surface area contributed by atoms with Gasteiger partial charge in [-0.3, -0.25) is 9.59 Å². The van der Waals surface area contributed by atoms with Gasteiger partial charge in [-0.2, -0.15) is 0 Å². The summed E-state index contributed by atoms with van der Waals surface area (Å²) in [5.74, 6) is -0.269. The standard InChI is InChI=1S/C9H12O4/c10-8-3-1-2-6(12-8)4-7-5-9(11)13-7/h6-7H,1-5H2. The Hall–Kier alpha value is -1.06. The number of hydrogen-bond donors (Lipinski definition) is 0. The van der Waals surface area contributed by atoms with E-state index in [4.69, 9.17) is 9.47 Å². The van der Waals surface area contributed by atoms with Crippen LogP contribution in [0.25, 0.3) is 0 Å². The molecular weight excluding hydrogens is 172 g/mol. The van der Waals surface area contributed by atoms with Gasteiger partial charge < -0.3 is 9.47 Å². The van der Waals surface area contributed by atoms with E-state index in [1.54, 1.807) is 0 Å². The first kappa shape index (κ1) is 8.53. The lowest BCUT2D eigenvalue weighted by atomic mass is 9.99. The fourth-order valence-corrected chi connectivity index (χ4v) is 1.73. The maximum Gasteiger partial charge on any atom is 0.309 e. The summed E-state index contributed by atoms with van der Waals surface area (Å²) < 4.78 is 9.94. The third-order valence-corrected chi connectivity index (χ3v) is 2.42. The monoisotopic (exact) mass is 184 g/mol. The number of hydrogen-bond acceptors (Lipinski definition) is 4. The third kappa shape index (κ3) is 1.99. The highest BCUT2D eigenvalue weighted by atomic mass is 16.6. The molecule has 2 atom stereocenters. The van der Waals surface area contributed by atoms with Crippen molar-refractivity contribution < 1.29 is 19.1 Å². The number of carbonyl (C=O) groups is 2. The molecule has 0 aromatic heterocycles. The molecule has 4 heteroatoms. The van der Waals surface area contributed by atoms with Crippen LogP contribution < -0.4 is 0 Å². The van der Waals surface area contributed by atoms with Crippen molar-refractivity contribution in [1.82, 2.24) is 0 Å². The Morgan fingerprint density at radius 1 is 1.15 bits per heavy atom. The number of carbonyl (C=O) groups excluding carboxylic acids is 2. The Balaban J connectivity index is 1.74. The van der Waals surface area contributed by atoms with Crippen LogP contribution in [-0.4, -0.2) is 24.1 Å². The van der Waals surface area contributed by atoms with Crippen LogP contribution >= 0.6 is 0 Å². The van der Waals surface area contributed by atoms with Gasteiger partial charge in [-0.05, 0) is 12.8 Å². The van der Waals surface area contributed by atoms with Crippen molar-refractivity contribution >= 4 is 11.9 Å². The Bertz CT molecular complexity index is 228. The van der Waals surface area contributed by atoms with Crippen molar-refractivity contribution in [1.29, 1.82) is 0 Å². The van der Waals surface area contributed by atoms with E-state index in [1.807, 2.05) is 0 Å². The van der Waals surface area contributed by atoms with E-state index in [9.17, 15) is 9.59 Å². The zero-order valence-corrected chi connectivity index (χ0v) is 7.32. The molecule has 2 saturated heterocycles. The molecule has 0 spiro atoms. The predicted octanol–water partition coefficient (Wildman–Crippen LogP) is 0.788. The van der Waals surface area contributed by atoms with E-state index >= 15 is 0 Å². The largest absolute Gasteiger partial charge is 0.462 e. The lowest BCUT2D eigenvalue weighted by Crippen LogP contribution is -2.37. The number of rotatable bonds is 2. The lowest BCUT2D eigenvalue weighted by molar-refractivity contribution is -0.175. The van der Waals surface area contributed by atoms with Crippen LogP contribution in [0.15, 0.2) is 0 Å². The minimum atomic E-state index is -0.146. The quantitative estimate of drug-likeness (QED) is 0.595. The second-order valence-corrected chi connectivity index (χ2v) is 3.56. The predicted molar refractivity (Wildman–Crippen MR) is 42.8 cm³/mol. The second-order valence-electron chi connectivity index (χ2n) is 3.56. The molecule has 2 aliphatic rings. The van der Waals surface area contributed by atoms with Crippen LogP contribution in [0, 0.1) is 0 Å². The Kier molecular flexibility index (Phi) is 2.20. The minimum Gasteiger partial charge on any atom is -0.462 e. The summed E-state index contributed by atoms with van der Waals surface area (Å²) in [6, 6.07) is 0. The molecule has 2 fully saturated rings. The summed E-state index contributed by atoms with van der Waals surface area (Å²) in [5, 5.41) is 0. The molecule has 0 aromatic rings. The normalized spacial score (nSPS) is 33.2. The van der Waals surface area contributed by atoms with Gasteiger partial charge in [0.05, 0.1) is 6.42 Å². The summed E-state index contributed by atoms with van der Waals surface area (Å²) >= 11 is 0. The van der Waals surface area contributed by atoms with Crippen LogP contribution in [0.2, 0.25) is 0 Å². The van der Waals surface area contributed by atoms with E-state index in [0.29, 0.717) is 19.3 Å².